The lowest BCUT2D eigenvalue weighted by molar-refractivity contribution is 0.118. The van der Waals surface area contributed by atoms with E-state index in [1.54, 1.807) is 43.7 Å². The molecule has 1 N–H and O–H groups in total. The Labute approximate surface area is 217 Å². The quantitative estimate of drug-likeness (QED) is 0.252. The van der Waals surface area contributed by atoms with Crippen molar-refractivity contribution in [1.29, 1.82) is 5.26 Å². The highest BCUT2D eigenvalue weighted by atomic mass is 127. The highest BCUT2D eigenvalue weighted by molar-refractivity contribution is 14.1. The van der Waals surface area contributed by atoms with Gasteiger partial charge in [0, 0.05) is 19.8 Å². The molecule has 3 heterocycles. The van der Waals surface area contributed by atoms with E-state index in [9.17, 15) is 13.7 Å². The Morgan fingerprint density at radius 1 is 1.31 bits per heavy atom. The first kappa shape index (κ1) is 25.4. The van der Waals surface area contributed by atoms with Crippen LogP contribution in [0.3, 0.4) is 0 Å². The lowest BCUT2D eigenvalue weighted by atomic mass is 10.1. The number of alkyl halides is 1. The minimum absolute atomic E-state index is 0.0475. The van der Waals surface area contributed by atoms with Crippen LogP contribution in [0.25, 0.3) is 17.0 Å². The molecule has 1 fully saturated rings. The number of hydrogen-bond donors (Lipinski definition) is 1. The first-order valence-corrected chi connectivity index (χ1v) is 13.9. The molecule has 1 aliphatic rings. The molecule has 0 unspecified atom stereocenters. The number of sulfone groups is 1. The summed E-state index contributed by atoms with van der Waals surface area (Å²) in [6, 6.07) is 7.26. The fourth-order valence-electron chi connectivity index (χ4n) is 3.83. The molecule has 0 bridgehead atoms. The fourth-order valence-corrected chi connectivity index (χ4v) is 5.11. The Balaban J connectivity index is 2.08. The zero-order valence-corrected chi connectivity index (χ0v) is 23.0. The molecule has 1 saturated heterocycles. The van der Waals surface area contributed by atoms with Crippen molar-refractivity contribution < 1.29 is 17.9 Å². The fraction of sp³-hybridized carbons (Fsp3) is 0.455. The van der Waals surface area contributed by atoms with Gasteiger partial charge in [0.15, 0.2) is 21.4 Å². The monoisotopic (exact) mass is 611 g/mol. The largest absolute Gasteiger partial charge is 0.491 e. The summed E-state index contributed by atoms with van der Waals surface area (Å²) in [6.07, 6.45) is 1.18. The van der Waals surface area contributed by atoms with Crippen molar-refractivity contribution in [2.75, 3.05) is 50.4 Å². The predicted octanol–water partition coefficient (Wildman–Crippen LogP) is 2.61. The normalized spacial score (nSPS) is 16.8. The lowest BCUT2D eigenvalue weighted by Crippen LogP contribution is -2.43. The van der Waals surface area contributed by atoms with E-state index in [0.29, 0.717) is 53.9 Å². The molecule has 0 spiro atoms. The summed E-state index contributed by atoms with van der Waals surface area (Å²) in [7, 11) is -0.386. The molecular formula is C22H26IN7O4S. The minimum atomic E-state index is -3.59. The van der Waals surface area contributed by atoms with Crippen LogP contribution >= 0.6 is 22.6 Å². The van der Waals surface area contributed by atoms with Gasteiger partial charge in [0.05, 0.1) is 43.0 Å². The van der Waals surface area contributed by atoms with Crippen LogP contribution in [-0.2, 0) is 19.3 Å². The van der Waals surface area contributed by atoms with Gasteiger partial charge in [-0.25, -0.2) is 23.0 Å². The molecule has 13 heteroatoms. The Morgan fingerprint density at radius 2 is 2.06 bits per heavy atom. The van der Waals surface area contributed by atoms with Gasteiger partial charge in [-0.05, 0) is 32.0 Å². The minimum Gasteiger partial charge on any atom is -0.491 e. The van der Waals surface area contributed by atoms with Crippen molar-refractivity contribution in [3.63, 3.8) is 0 Å². The number of aromatic nitrogens is 4. The molecule has 11 nitrogen and oxygen atoms in total. The van der Waals surface area contributed by atoms with Gasteiger partial charge < -0.3 is 19.7 Å². The van der Waals surface area contributed by atoms with Crippen LogP contribution in [-0.4, -0.2) is 72.2 Å². The maximum Gasteiger partial charge on any atom is 0.239 e. The zero-order chi connectivity index (χ0) is 25.5. The van der Waals surface area contributed by atoms with Crippen LogP contribution in [0, 0.1) is 11.3 Å². The van der Waals surface area contributed by atoms with E-state index < -0.39 is 14.6 Å². The second kappa shape index (κ2) is 9.40. The average molecular weight is 611 g/mol. The Bertz CT molecular complexity index is 1430. The van der Waals surface area contributed by atoms with Gasteiger partial charge in [0.2, 0.25) is 11.9 Å². The maximum atomic E-state index is 12.9. The van der Waals surface area contributed by atoms with Crippen molar-refractivity contribution in [2.45, 2.75) is 22.6 Å². The van der Waals surface area contributed by atoms with Crippen molar-refractivity contribution in [3.8, 4) is 17.8 Å². The molecule has 0 saturated carbocycles. The highest BCUT2D eigenvalue weighted by Gasteiger charge is 2.40. The second-order valence-corrected chi connectivity index (χ2v) is 12.6. The number of anilines is 2. The van der Waals surface area contributed by atoms with Crippen molar-refractivity contribution in [2.24, 2.45) is 0 Å². The topological polar surface area (TPSA) is 135 Å². The molecule has 2 aromatic heterocycles. The number of nitriles is 1. The van der Waals surface area contributed by atoms with E-state index in [1.165, 1.54) is 13.4 Å². The Kier molecular flexibility index (Phi) is 6.82. The Hall–Kier alpha value is -2.70. The first-order chi connectivity index (χ1) is 16.5. The summed E-state index contributed by atoms with van der Waals surface area (Å²) in [5.41, 5.74) is 1.97. The number of ether oxygens (including phenoxy) is 2. The van der Waals surface area contributed by atoms with E-state index in [-0.39, 0.29) is 15.7 Å². The van der Waals surface area contributed by atoms with Crippen LogP contribution in [0.1, 0.15) is 25.1 Å². The van der Waals surface area contributed by atoms with Crippen LogP contribution in [0.2, 0.25) is 0 Å². The number of nitrogens with zero attached hydrogens (tertiary/aromatic N) is 6. The van der Waals surface area contributed by atoms with Crippen LogP contribution in [0.5, 0.6) is 5.75 Å². The van der Waals surface area contributed by atoms with Crippen LogP contribution in [0.4, 0.5) is 11.8 Å². The van der Waals surface area contributed by atoms with Crippen molar-refractivity contribution in [1.82, 2.24) is 19.5 Å². The molecule has 0 radical (unpaired) electrons. The summed E-state index contributed by atoms with van der Waals surface area (Å²) in [4.78, 5) is 16.2. The SMILES string of the molecule is CNc1nc2cc(C#N)ccc2n1-c1nc(N2CCOC[C@H]2I)c(OC)c(C(C)(C)S(C)(=O)=O)n1. The van der Waals surface area contributed by atoms with Gasteiger partial charge in [-0.2, -0.15) is 10.2 Å². The molecule has 35 heavy (non-hydrogen) atoms. The Morgan fingerprint density at radius 3 is 2.66 bits per heavy atom. The number of imidazole rings is 1. The molecule has 1 atom stereocenters. The number of hydrogen-bond acceptors (Lipinski definition) is 10. The van der Waals surface area contributed by atoms with E-state index >= 15 is 0 Å². The summed E-state index contributed by atoms with van der Waals surface area (Å²) >= 11 is 2.27. The number of halogens is 1. The van der Waals surface area contributed by atoms with Gasteiger partial charge in [-0.1, -0.05) is 22.6 Å². The predicted molar refractivity (Wildman–Crippen MR) is 141 cm³/mol. The van der Waals surface area contributed by atoms with Crippen LogP contribution < -0.4 is 15.0 Å². The molecule has 1 aromatic carbocycles. The maximum absolute atomic E-state index is 12.9. The average Bonchev–Trinajstić information content (AvgIpc) is 3.20. The van der Waals surface area contributed by atoms with Gasteiger partial charge >= 0.3 is 0 Å². The summed E-state index contributed by atoms with van der Waals surface area (Å²) < 4.78 is 37.4. The molecule has 0 aliphatic carbocycles. The van der Waals surface area contributed by atoms with Gasteiger partial charge in [0.1, 0.15) is 14.5 Å². The van der Waals surface area contributed by atoms with Crippen LogP contribution in [0.15, 0.2) is 18.2 Å². The summed E-state index contributed by atoms with van der Waals surface area (Å²) in [5.74, 6) is 1.46. The van der Waals surface area contributed by atoms with E-state index in [0.717, 1.165) is 0 Å². The van der Waals surface area contributed by atoms with E-state index in [4.69, 9.17) is 19.4 Å². The number of morpholine rings is 1. The third-order valence-corrected chi connectivity index (χ3v) is 9.17. The van der Waals surface area contributed by atoms with E-state index in [1.807, 2.05) is 4.90 Å². The molecule has 1 aliphatic heterocycles. The highest BCUT2D eigenvalue weighted by Crippen LogP contribution is 2.41. The summed E-state index contributed by atoms with van der Waals surface area (Å²) in [5, 5.41) is 12.4. The van der Waals surface area contributed by atoms with Gasteiger partial charge in [-0.3, -0.25) is 0 Å². The number of nitrogens with one attached hydrogen (secondary N) is 1. The molecule has 3 aromatic rings. The third kappa shape index (κ3) is 4.38. The lowest BCUT2D eigenvalue weighted by Gasteiger charge is -2.35. The standard InChI is InChI=1S/C22H26IN7O4S/c1-22(2,35(5,31)32)18-17(33-4)19(29-8-9-34-12-16(29)23)28-21(27-18)30-15-7-6-13(11-24)10-14(15)26-20(30)25-3/h6-7,10,16H,8-9,12H2,1-5H3,(H,25,26)/t16-/m0/s1. The molecule has 4 rings (SSSR count). The first-order valence-electron chi connectivity index (χ1n) is 10.8. The molecule has 0 amide bonds. The molecule has 186 valence electrons. The van der Waals surface area contributed by atoms with E-state index in [2.05, 4.69) is 39.0 Å². The van der Waals surface area contributed by atoms with Crippen molar-refractivity contribution in [3.05, 3.63) is 29.5 Å². The van der Waals surface area contributed by atoms with Crippen molar-refractivity contribution >= 4 is 55.2 Å². The third-order valence-electron chi connectivity index (χ3n) is 6.09. The number of rotatable bonds is 6. The second-order valence-electron chi connectivity index (χ2n) is 8.55. The number of benzene rings is 1. The molecular weight excluding hydrogens is 585 g/mol. The van der Waals surface area contributed by atoms with Gasteiger partial charge in [-0.15, -0.1) is 0 Å². The zero-order valence-electron chi connectivity index (χ0n) is 20.0. The number of methoxy groups -OCH3 is 1. The summed E-state index contributed by atoms with van der Waals surface area (Å²) in [6.45, 7) is 4.74. The number of fused-ring (bicyclic) bond motifs is 1. The van der Waals surface area contributed by atoms with Gasteiger partial charge in [0.25, 0.3) is 0 Å². The smallest absolute Gasteiger partial charge is 0.239 e.